The second-order valence-corrected chi connectivity index (χ2v) is 4.04. The molecular formula is C12H17N5O. The summed E-state index contributed by atoms with van der Waals surface area (Å²) in [7, 11) is 0. The molecule has 0 aliphatic carbocycles. The number of rotatable bonds is 4. The zero-order valence-electron chi connectivity index (χ0n) is 10.8. The highest BCUT2D eigenvalue weighted by Gasteiger charge is 2.09. The molecule has 0 saturated carbocycles. The molecule has 2 aromatic heterocycles. The molecule has 0 aliphatic heterocycles. The van der Waals surface area contributed by atoms with E-state index in [9.17, 15) is 0 Å². The molecule has 0 spiro atoms. The van der Waals surface area contributed by atoms with Crippen LogP contribution in [-0.2, 0) is 13.0 Å². The minimum atomic E-state index is 0.484. The Labute approximate surface area is 106 Å². The zero-order valence-corrected chi connectivity index (χ0v) is 10.8. The van der Waals surface area contributed by atoms with Crippen molar-refractivity contribution in [2.24, 2.45) is 0 Å². The predicted octanol–water partition coefficient (Wildman–Crippen LogP) is 1.84. The quantitative estimate of drug-likeness (QED) is 0.856. The molecule has 0 bridgehead atoms. The van der Waals surface area contributed by atoms with Gasteiger partial charge in [-0.2, -0.15) is 0 Å². The third-order valence-corrected chi connectivity index (χ3v) is 2.81. The molecule has 0 amide bonds. The first-order valence-corrected chi connectivity index (χ1v) is 5.88. The van der Waals surface area contributed by atoms with E-state index in [4.69, 9.17) is 10.2 Å². The first-order valence-electron chi connectivity index (χ1n) is 5.88. The van der Waals surface area contributed by atoms with E-state index in [1.165, 1.54) is 6.33 Å². The second-order valence-electron chi connectivity index (χ2n) is 4.04. The molecule has 6 nitrogen and oxygen atoms in total. The minimum absolute atomic E-state index is 0.484. The summed E-state index contributed by atoms with van der Waals surface area (Å²) >= 11 is 0. The van der Waals surface area contributed by atoms with Gasteiger partial charge in [-0.1, -0.05) is 6.92 Å². The van der Waals surface area contributed by atoms with Gasteiger partial charge in [0.05, 0.1) is 12.2 Å². The Bertz CT molecular complexity index is 530. The van der Waals surface area contributed by atoms with Crippen molar-refractivity contribution in [1.82, 2.24) is 15.0 Å². The molecule has 18 heavy (non-hydrogen) atoms. The number of anilines is 2. The monoisotopic (exact) mass is 247 g/mol. The summed E-state index contributed by atoms with van der Waals surface area (Å²) in [5, 5.41) is 3.17. The predicted molar refractivity (Wildman–Crippen MR) is 69.1 cm³/mol. The van der Waals surface area contributed by atoms with Gasteiger partial charge in [0, 0.05) is 5.56 Å². The Morgan fingerprint density at radius 3 is 2.72 bits per heavy atom. The van der Waals surface area contributed by atoms with E-state index in [2.05, 4.69) is 20.3 Å². The standard InChI is InChI=1S/C12H17N5O/c1-4-9-11(13)15-6-16-12(9)14-5-10-17-7(2)8(3)18-10/h6H,4-5H2,1-3H3,(H3,13,14,15,16). The highest BCUT2D eigenvalue weighted by atomic mass is 16.4. The van der Waals surface area contributed by atoms with Crippen LogP contribution in [0, 0.1) is 13.8 Å². The summed E-state index contributed by atoms with van der Waals surface area (Å²) in [6.07, 6.45) is 2.22. The van der Waals surface area contributed by atoms with Crippen molar-refractivity contribution >= 4 is 11.6 Å². The molecule has 0 aromatic carbocycles. The molecule has 0 fully saturated rings. The summed E-state index contributed by atoms with van der Waals surface area (Å²) in [5.41, 5.74) is 7.62. The van der Waals surface area contributed by atoms with Crippen molar-refractivity contribution in [2.45, 2.75) is 33.7 Å². The molecular weight excluding hydrogens is 230 g/mol. The van der Waals surface area contributed by atoms with Gasteiger partial charge in [-0.15, -0.1) is 0 Å². The van der Waals surface area contributed by atoms with Gasteiger partial charge in [-0.25, -0.2) is 15.0 Å². The molecule has 2 rings (SSSR count). The summed E-state index contributed by atoms with van der Waals surface area (Å²) in [6.45, 7) is 6.31. The minimum Gasteiger partial charge on any atom is -0.444 e. The van der Waals surface area contributed by atoms with E-state index < -0.39 is 0 Å². The first kappa shape index (κ1) is 12.3. The molecule has 2 aromatic rings. The van der Waals surface area contributed by atoms with Gasteiger partial charge in [0.2, 0.25) is 5.89 Å². The lowest BCUT2D eigenvalue weighted by atomic mass is 10.2. The number of oxazole rings is 1. The van der Waals surface area contributed by atoms with Crippen molar-refractivity contribution in [1.29, 1.82) is 0 Å². The van der Waals surface area contributed by atoms with Crippen LogP contribution in [0.15, 0.2) is 10.7 Å². The largest absolute Gasteiger partial charge is 0.444 e. The fourth-order valence-corrected chi connectivity index (χ4v) is 1.70. The Kier molecular flexibility index (Phi) is 3.45. The van der Waals surface area contributed by atoms with Crippen molar-refractivity contribution in [2.75, 3.05) is 11.1 Å². The summed E-state index contributed by atoms with van der Waals surface area (Å²) < 4.78 is 5.49. The molecule has 0 unspecified atom stereocenters. The van der Waals surface area contributed by atoms with Crippen molar-refractivity contribution < 1.29 is 4.42 Å². The number of nitrogens with two attached hydrogens (primary N) is 1. The first-order chi connectivity index (χ1) is 8.61. The van der Waals surface area contributed by atoms with E-state index in [0.29, 0.717) is 18.3 Å². The highest BCUT2D eigenvalue weighted by molar-refractivity contribution is 5.54. The van der Waals surface area contributed by atoms with Crippen molar-refractivity contribution in [3.05, 3.63) is 29.2 Å². The maximum Gasteiger partial charge on any atom is 0.213 e. The van der Waals surface area contributed by atoms with E-state index in [1.54, 1.807) is 0 Å². The number of nitrogens with one attached hydrogen (secondary N) is 1. The summed E-state index contributed by atoms with van der Waals surface area (Å²) in [4.78, 5) is 12.5. The van der Waals surface area contributed by atoms with Crippen LogP contribution in [-0.4, -0.2) is 15.0 Å². The maximum absolute atomic E-state index is 5.80. The average Bonchev–Trinajstić information content (AvgIpc) is 2.66. The van der Waals surface area contributed by atoms with Gasteiger partial charge >= 0.3 is 0 Å². The molecule has 3 N–H and O–H groups in total. The zero-order chi connectivity index (χ0) is 13.1. The SMILES string of the molecule is CCc1c(N)ncnc1NCc1nc(C)c(C)o1. The van der Waals surface area contributed by atoms with Gasteiger partial charge in [0.1, 0.15) is 23.7 Å². The third-order valence-electron chi connectivity index (χ3n) is 2.81. The number of nitrogen functional groups attached to an aromatic ring is 1. The average molecular weight is 247 g/mol. The van der Waals surface area contributed by atoms with E-state index in [-0.39, 0.29) is 0 Å². The fourth-order valence-electron chi connectivity index (χ4n) is 1.70. The van der Waals surface area contributed by atoms with Crippen LogP contribution in [0.3, 0.4) is 0 Å². The lowest BCUT2D eigenvalue weighted by Gasteiger charge is -2.09. The highest BCUT2D eigenvalue weighted by Crippen LogP contribution is 2.18. The Hall–Kier alpha value is -2.11. The van der Waals surface area contributed by atoms with E-state index in [0.717, 1.165) is 29.3 Å². The second kappa shape index (κ2) is 5.03. The van der Waals surface area contributed by atoms with Crippen LogP contribution in [0.4, 0.5) is 11.6 Å². The number of nitrogens with zero attached hydrogens (tertiary/aromatic N) is 3. The van der Waals surface area contributed by atoms with Gasteiger partial charge in [0.15, 0.2) is 0 Å². The molecule has 0 saturated heterocycles. The van der Waals surface area contributed by atoms with Crippen LogP contribution in [0.1, 0.15) is 29.8 Å². The van der Waals surface area contributed by atoms with Crippen LogP contribution in [0.5, 0.6) is 0 Å². The fraction of sp³-hybridized carbons (Fsp3) is 0.417. The molecule has 6 heteroatoms. The number of aromatic nitrogens is 3. The van der Waals surface area contributed by atoms with Crippen LogP contribution in [0.2, 0.25) is 0 Å². The number of aryl methyl sites for hydroxylation is 2. The van der Waals surface area contributed by atoms with Gasteiger partial charge in [0.25, 0.3) is 0 Å². The summed E-state index contributed by atoms with van der Waals surface area (Å²) in [5.74, 6) is 2.72. The molecule has 0 atom stereocenters. The van der Waals surface area contributed by atoms with Crippen LogP contribution in [0.25, 0.3) is 0 Å². The number of hydrogen-bond acceptors (Lipinski definition) is 6. The lowest BCUT2D eigenvalue weighted by Crippen LogP contribution is -2.08. The van der Waals surface area contributed by atoms with Gasteiger partial charge in [-0.05, 0) is 20.3 Å². The van der Waals surface area contributed by atoms with Crippen molar-refractivity contribution in [3.8, 4) is 0 Å². The van der Waals surface area contributed by atoms with E-state index >= 15 is 0 Å². The Balaban J connectivity index is 2.13. The third kappa shape index (κ3) is 2.42. The Morgan fingerprint density at radius 2 is 2.11 bits per heavy atom. The smallest absolute Gasteiger partial charge is 0.213 e. The normalized spacial score (nSPS) is 10.6. The van der Waals surface area contributed by atoms with Crippen LogP contribution < -0.4 is 11.1 Å². The van der Waals surface area contributed by atoms with Gasteiger partial charge in [-0.3, -0.25) is 0 Å². The number of hydrogen-bond donors (Lipinski definition) is 2. The lowest BCUT2D eigenvalue weighted by molar-refractivity contribution is 0.478. The topological polar surface area (TPSA) is 89.9 Å². The maximum atomic E-state index is 5.80. The molecule has 0 radical (unpaired) electrons. The molecule has 96 valence electrons. The van der Waals surface area contributed by atoms with Crippen LogP contribution >= 0.6 is 0 Å². The molecule has 2 heterocycles. The van der Waals surface area contributed by atoms with E-state index in [1.807, 2.05) is 20.8 Å². The summed E-state index contributed by atoms with van der Waals surface area (Å²) in [6, 6.07) is 0. The van der Waals surface area contributed by atoms with Gasteiger partial charge < -0.3 is 15.5 Å². The molecule has 0 aliphatic rings. The van der Waals surface area contributed by atoms with Crippen molar-refractivity contribution in [3.63, 3.8) is 0 Å². The Morgan fingerprint density at radius 1 is 1.33 bits per heavy atom.